The Kier molecular flexibility index (Phi) is 3.92. The molecule has 1 saturated heterocycles. The Morgan fingerprint density at radius 3 is 2.64 bits per heavy atom. The van der Waals surface area contributed by atoms with Crippen LogP contribution in [-0.2, 0) is 14.3 Å². The Hall–Kier alpha value is -0.130. The average molecular weight is 221 g/mol. The monoisotopic (exact) mass is 221 g/mol. The molecule has 0 aromatic heterocycles. The topological polar surface area (TPSA) is 46.6 Å². The summed E-state index contributed by atoms with van der Waals surface area (Å²) in [4.78, 5) is 2.25. The zero-order valence-corrected chi connectivity index (χ0v) is 9.88. The SMILES string of the molecule is CC(C)CN1CCC(OS(C)(=O)=O)C1. The third-order valence-electron chi connectivity index (χ3n) is 2.16. The van der Waals surface area contributed by atoms with E-state index in [1.165, 1.54) is 0 Å². The first-order chi connectivity index (χ1) is 6.37. The van der Waals surface area contributed by atoms with Crippen molar-refractivity contribution in [3.8, 4) is 0 Å². The first-order valence-corrected chi connectivity index (χ1v) is 6.79. The molecule has 1 aliphatic rings. The zero-order chi connectivity index (χ0) is 10.8. The van der Waals surface area contributed by atoms with E-state index in [1.807, 2.05) is 0 Å². The highest BCUT2D eigenvalue weighted by Gasteiger charge is 2.26. The van der Waals surface area contributed by atoms with Gasteiger partial charge in [0.1, 0.15) is 0 Å². The Morgan fingerprint density at radius 2 is 2.14 bits per heavy atom. The van der Waals surface area contributed by atoms with Gasteiger partial charge in [-0.3, -0.25) is 4.18 Å². The van der Waals surface area contributed by atoms with Gasteiger partial charge in [0.2, 0.25) is 0 Å². The maximum atomic E-state index is 10.9. The van der Waals surface area contributed by atoms with Crippen molar-refractivity contribution >= 4 is 10.1 Å². The van der Waals surface area contributed by atoms with Gasteiger partial charge in [-0.05, 0) is 12.3 Å². The molecular weight excluding hydrogens is 202 g/mol. The van der Waals surface area contributed by atoms with Crippen molar-refractivity contribution in [2.24, 2.45) is 5.92 Å². The van der Waals surface area contributed by atoms with Gasteiger partial charge < -0.3 is 4.90 Å². The van der Waals surface area contributed by atoms with E-state index in [9.17, 15) is 8.42 Å². The number of hydrogen-bond donors (Lipinski definition) is 0. The summed E-state index contributed by atoms with van der Waals surface area (Å²) in [6.45, 7) is 7.02. The molecule has 1 rings (SSSR count). The lowest BCUT2D eigenvalue weighted by molar-refractivity contribution is 0.202. The minimum absolute atomic E-state index is 0.135. The lowest BCUT2D eigenvalue weighted by Crippen LogP contribution is -2.27. The molecule has 0 N–H and O–H groups in total. The third-order valence-corrected chi connectivity index (χ3v) is 2.79. The van der Waals surface area contributed by atoms with Crippen LogP contribution in [0.1, 0.15) is 20.3 Å². The second-order valence-corrected chi connectivity index (χ2v) is 5.97. The second kappa shape index (κ2) is 4.59. The van der Waals surface area contributed by atoms with Crippen molar-refractivity contribution in [3.63, 3.8) is 0 Å². The van der Waals surface area contributed by atoms with Crippen molar-refractivity contribution < 1.29 is 12.6 Å². The number of hydrogen-bond acceptors (Lipinski definition) is 4. The molecule has 1 unspecified atom stereocenters. The van der Waals surface area contributed by atoms with Gasteiger partial charge in [-0.15, -0.1) is 0 Å². The molecule has 0 saturated carbocycles. The Bertz CT molecular complexity index is 274. The first-order valence-electron chi connectivity index (χ1n) is 4.97. The summed E-state index contributed by atoms with van der Waals surface area (Å²) in [7, 11) is -3.29. The molecule has 4 nitrogen and oxygen atoms in total. The molecule has 0 aromatic rings. The molecule has 0 spiro atoms. The summed E-state index contributed by atoms with van der Waals surface area (Å²) in [5.74, 6) is 0.618. The van der Waals surface area contributed by atoms with Crippen LogP contribution in [0.15, 0.2) is 0 Å². The fourth-order valence-corrected chi connectivity index (χ4v) is 2.46. The van der Waals surface area contributed by atoms with E-state index in [-0.39, 0.29) is 6.10 Å². The smallest absolute Gasteiger partial charge is 0.264 e. The van der Waals surface area contributed by atoms with E-state index >= 15 is 0 Å². The molecule has 1 fully saturated rings. The Labute approximate surface area is 86.4 Å². The second-order valence-electron chi connectivity index (χ2n) is 4.36. The average Bonchev–Trinajstić information content (AvgIpc) is 2.30. The van der Waals surface area contributed by atoms with Crippen molar-refractivity contribution in [2.75, 3.05) is 25.9 Å². The maximum Gasteiger partial charge on any atom is 0.264 e. The molecule has 0 radical (unpaired) electrons. The van der Waals surface area contributed by atoms with Crippen LogP contribution in [0.5, 0.6) is 0 Å². The highest BCUT2D eigenvalue weighted by molar-refractivity contribution is 7.86. The van der Waals surface area contributed by atoms with Crippen molar-refractivity contribution in [1.82, 2.24) is 4.90 Å². The van der Waals surface area contributed by atoms with E-state index < -0.39 is 10.1 Å². The molecule has 0 aromatic carbocycles. The van der Waals surface area contributed by atoms with Crippen LogP contribution >= 0.6 is 0 Å². The molecule has 1 heterocycles. The highest BCUT2D eigenvalue weighted by Crippen LogP contribution is 2.15. The van der Waals surface area contributed by atoms with Gasteiger partial charge in [0, 0.05) is 19.6 Å². The molecule has 5 heteroatoms. The number of likely N-dealkylation sites (tertiary alicyclic amines) is 1. The normalized spacial score (nSPS) is 24.7. The lowest BCUT2D eigenvalue weighted by atomic mass is 10.2. The molecule has 84 valence electrons. The summed E-state index contributed by atoms with van der Waals surface area (Å²) < 4.78 is 26.7. The minimum atomic E-state index is -3.29. The van der Waals surface area contributed by atoms with E-state index in [1.54, 1.807) is 0 Å². The van der Waals surface area contributed by atoms with Crippen LogP contribution in [0, 0.1) is 5.92 Å². The van der Waals surface area contributed by atoms with Gasteiger partial charge >= 0.3 is 0 Å². The fraction of sp³-hybridized carbons (Fsp3) is 1.00. The summed E-state index contributed by atoms with van der Waals surface area (Å²) in [6.07, 6.45) is 1.79. The quantitative estimate of drug-likeness (QED) is 0.655. The van der Waals surface area contributed by atoms with Crippen LogP contribution in [0.2, 0.25) is 0 Å². The van der Waals surface area contributed by atoms with Gasteiger partial charge in [0.05, 0.1) is 12.4 Å². The zero-order valence-electron chi connectivity index (χ0n) is 9.06. The summed E-state index contributed by atoms with van der Waals surface area (Å²) in [6, 6.07) is 0. The van der Waals surface area contributed by atoms with Gasteiger partial charge in [0.15, 0.2) is 0 Å². The van der Waals surface area contributed by atoms with Crippen molar-refractivity contribution in [3.05, 3.63) is 0 Å². The summed E-state index contributed by atoms with van der Waals surface area (Å²) in [5, 5.41) is 0. The van der Waals surface area contributed by atoms with Gasteiger partial charge in [-0.25, -0.2) is 0 Å². The number of rotatable bonds is 4. The van der Waals surface area contributed by atoms with Gasteiger partial charge in [-0.1, -0.05) is 13.8 Å². The van der Waals surface area contributed by atoms with Crippen LogP contribution in [0.3, 0.4) is 0 Å². The van der Waals surface area contributed by atoms with E-state index in [4.69, 9.17) is 4.18 Å². The van der Waals surface area contributed by atoms with E-state index in [0.717, 1.165) is 32.3 Å². The Balaban J connectivity index is 2.34. The van der Waals surface area contributed by atoms with Gasteiger partial charge in [0.25, 0.3) is 10.1 Å². The Morgan fingerprint density at radius 1 is 1.50 bits per heavy atom. The molecule has 0 aliphatic carbocycles. The van der Waals surface area contributed by atoms with Crippen LogP contribution < -0.4 is 0 Å². The van der Waals surface area contributed by atoms with Crippen LogP contribution in [0.25, 0.3) is 0 Å². The molecular formula is C9H19NO3S. The third kappa shape index (κ3) is 4.39. The predicted octanol–water partition coefficient (Wildman–Crippen LogP) is 0.693. The summed E-state index contributed by atoms with van der Waals surface area (Å²) in [5.41, 5.74) is 0. The largest absolute Gasteiger partial charge is 0.300 e. The van der Waals surface area contributed by atoms with Crippen LogP contribution in [0.4, 0.5) is 0 Å². The van der Waals surface area contributed by atoms with E-state index in [0.29, 0.717) is 5.92 Å². The van der Waals surface area contributed by atoms with Crippen molar-refractivity contribution in [1.29, 1.82) is 0 Å². The molecule has 1 atom stereocenters. The standard InChI is InChI=1S/C9H19NO3S/c1-8(2)6-10-5-4-9(7-10)13-14(3,11)12/h8-9H,4-7H2,1-3H3. The highest BCUT2D eigenvalue weighted by atomic mass is 32.2. The molecule has 0 amide bonds. The van der Waals surface area contributed by atoms with Gasteiger partial charge in [-0.2, -0.15) is 8.42 Å². The number of nitrogens with zero attached hydrogens (tertiary/aromatic N) is 1. The summed E-state index contributed by atoms with van der Waals surface area (Å²) >= 11 is 0. The van der Waals surface area contributed by atoms with Crippen molar-refractivity contribution in [2.45, 2.75) is 26.4 Å². The van der Waals surface area contributed by atoms with E-state index in [2.05, 4.69) is 18.7 Å². The molecule has 14 heavy (non-hydrogen) atoms. The molecule has 0 bridgehead atoms. The maximum absolute atomic E-state index is 10.9. The predicted molar refractivity (Wildman–Crippen MR) is 55.6 cm³/mol. The first kappa shape index (κ1) is 11.9. The fourth-order valence-electron chi connectivity index (χ4n) is 1.81. The van der Waals surface area contributed by atoms with Crippen LogP contribution in [-0.4, -0.2) is 45.3 Å². The lowest BCUT2D eigenvalue weighted by Gasteiger charge is -2.17. The minimum Gasteiger partial charge on any atom is -0.300 e. The molecule has 1 aliphatic heterocycles.